The summed E-state index contributed by atoms with van der Waals surface area (Å²) in [5, 5.41) is 16.6. The van der Waals surface area contributed by atoms with E-state index >= 15 is 0 Å². The lowest BCUT2D eigenvalue weighted by atomic mass is 9.93. The third kappa shape index (κ3) is 3.43. The fraction of sp³-hybridized carbons (Fsp3) is 0.435. The molecule has 2 aliphatic heterocycles. The number of carboxylic acids is 1. The van der Waals surface area contributed by atoms with Gasteiger partial charge in [-0.05, 0) is 48.8 Å². The second-order valence-corrected chi connectivity index (χ2v) is 8.22. The van der Waals surface area contributed by atoms with Crippen LogP contribution < -0.4 is 5.01 Å². The zero-order valence-electron chi connectivity index (χ0n) is 17.1. The van der Waals surface area contributed by atoms with Crippen molar-refractivity contribution in [2.45, 2.75) is 32.1 Å². The highest BCUT2D eigenvalue weighted by Crippen LogP contribution is 2.39. The summed E-state index contributed by atoms with van der Waals surface area (Å²) in [6.45, 7) is 4.73. The number of benzene rings is 1. The van der Waals surface area contributed by atoms with Gasteiger partial charge in [-0.1, -0.05) is 30.3 Å². The molecule has 2 aliphatic carbocycles. The van der Waals surface area contributed by atoms with Gasteiger partial charge in [-0.2, -0.15) is 4.79 Å². The highest BCUT2D eigenvalue weighted by Gasteiger charge is 2.33. The van der Waals surface area contributed by atoms with Gasteiger partial charge in [0.15, 0.2) is 0 Å². The lowest BCUT2D eigenvalue weighted by molar-refractivity contribution is 0.0696. The molecule has 1 saturated heterocycles. The van der Waals surface area contributed by atoms with Gasteiger partial charge in [-0.3, -0.25) is 9.91 Å². The Morgan fingerprint density at radius 3 is 2.47 bits per heavy atom. The third-order valence-corrected chi connectivity index (χ3v) is 6.45. The molecule has 0 saturated carbocycles. The number of carbonyl (C=O) groups is 1. The van der Waals surface area contributed by atoms with Crippen molar-refractivity contribution in [3.63, 3.8) is 0 Å². The number of aromatic carboxylic acids is 1. The van der Waals surface area contributed by atoms with E-state index in [9.17, 15) is 9.90 Å². The van der Waals surface area contributed by atoms with Crippen LogP contribution in [-0.2, 0) is 19.3 Å². The van der Waals surface area contributed by atoms with Crippen molar-refractivity contribution >= 4 is 5.97 Å². The van der Waals surface area contributed by atoms with Crippen LogP contribution in [0.3, 0.4) is 0 Å². The molecule has 7 heteroatoms. The number of fused-ring (bicyclic) bond motifs is 3. The lowest BCUT2D eigenvalue weighted by Crippen LogP contribution is -2.52. The largest absolute Gasteiger partial charge is 0.478 e. The van der Waals surface area contributed by atoms with Crippen LogP contribution in [0.25, 0.3) is 11.4 Å². The standard InChI is InChI=1S/C23H27N5O2/c29-23(30)20-18-8-4-5-9-19(18)22-21(20)24-16-25-28(22)27-14-12-26(13-15-27)11-10-17-6-2-1-3-7-17/h1-3,6-7,16H,4-5,8-15H2,(H,29,30). The van der Waals surface area contributed by atoms with Crippen LogP contribution in [-0.4, -0.2) is 63.6 Å². The van der Waals surface area contributed by atoms with Gasteiger partial charge in [0.2, 0.25) is 0 Å². The van der Waals surface area contributed by atoms with Crippen molar-refractivity contribution in [3.05, 3.63) is 58.9 Å². The van der Waals surface area contributed by atoms with E-state index in [1.54, 1.807) is 0 Å². The molecule has 0 atom stereocenters. The van der Waals surface area contributed by atoms with Gasteiger partial charge in [0.25, 0.3) is 0 Å². The van der Waals surface area contributed by atoms with E-state index in [4.69, 9.17) is 0 Å². The van der Waals surface area contributed by atoms with Crippen molar-refractivity contribution in [1.82, 2.24) is 19.8 Å². The van der Waals surface area contributed by atoms with E-state index in [1.165, 1.54) is 11.9 Å². The Balaban J connectivity index is 1.35. The molecule has 7 nitrogen and oxygen atoms in total. The summed E-state index contributed by atoms with van der Waals surface area (Å²) in [4.78, 5) is 20.8. The molecule has 4 aliphatic rings. The van der Waals surface area contributed by atoms with Crippen LogP contribution in [0.4, 0.5) is 0 Å². The van der Waals surface area contributed by atoms with Crippen LogP contribution in [0.15, 0.2) is 36.7 Å². The summed E-state index contributed by atoms with van der Waals surface area (Å²) in [6.07, 6.45) is 6.42. The minimum Gasteiger partial charge on any atom is -0.478 e. The van der Waals surface area contributed by atoms with Gasteiger partial charge in [-0.15, -0.1) is 5.10 Å². The van der Waals surface area contributed by atoms with Crippen molar-refractivity contribution in [2.75, 3.05) is 37.7 Å². The van der Waals surface area contributed by atoms with Crippen LogP contribution >= 0.6 is 0 Å². The lowest BCUT2D eigenvalue weighted by Gasteiger charge is -2.37. The summed E-state index contributed by atoms with van der Waals surface area (Å²) in [5.41, 5.74) is 5.37. The zero-order chi connectivity index (χ0) is 20.5. The average molecular weight is 406 g/mol. The first-order valence-electron chi connectivity index (χ1n) is 10.8. The quantitative estimate of drug-likeness (QED) is 0.703. The number of nitrogens with zero attached hydrogens (tertiary/aromatic N) is 5. The van der Waals surface area contributed by atoms with Gasteiger partial charge in [-0.25, -0.2) is 9.78 Å². The van der Waals surface area contributed by atoms with Gasteiger partial charge < -0.3 is 5.11 Å². The normalized spacial score (nSPS) is 17.3. The van der Waals surface area contributed by atoms with Crippen LogP contribution in [0.2, 0.25) is 0 Å². The van der Waals surface area contributed by atoms with E-state index in [0.717, 1.165) is 81.6 Å². The van der Waals surface area contributed by atoms with E-state index in [1.807, 2.05) is 4.79 Å². The van der Waals surface area contributed by atoms with E-state index in [-0.39, 0.29) is 0 Å². The van der Waals surface area contributed by atoms with Gasteiger partial charge in [0.05, 0.1) is 5.56 Å². The average Bonchev–Trinajstić information content (AvgIpc) is 3.14. The van der Waals surface area contributed by atoms with E-state index in [2.05, 4.69) is 50.3 Å². The van der Waals surface area contributed by atoms with Crippen molar-refractivity contribution in [1.29, 1.82) is 0 Å². The molecule has 0 bridgehead atoms. The molecule has 0 aromatic heterocycles. The second-order valence-electron chi connectivity index (χ2n) is 8.22. The first kappa shape index (κ1) is 19.1. The molecule has 1 fully saturated rings. The maximum atomic E-state index is 12.0. The molecule has 1 N–H and O–H groups in total. The topological polar surface area (TPSA) is 74.5 Å². The van der Waals surface area contributed by atoms with Gasteiger partial charge in [0.1, 0.15) is 17.7 Å². The molecule has 0 amide bonds. The Hall–Kier alpha value is -2.93. The molecule has 156 valence electrons. The van der Waals surface area contributed by atoms with E-state index < -0.39 is 5.97 Å². The Labute approximate surface area is 176 Å². The minimum absolute atomic E-state index is 0.386. The molecular formula is C23H27N5O2. The Morgan fingerprint density at radius 1 is 1.00 bits per heavy atom. The highest BCUT2D eigenvalue weighted by atomic mass is 16.4. The maximum Gasteiger partial charge on any atom is 0.338 e. The summed E-state index contributed by atoms with van der Waals surface area (Å²) >= 11 is 0. The summed E-state index contributed by atoms with van der Waals surface area (Å²) in [6, 6.07) is 10.6. The molecule has 1 aromatic rings. The predicted octanol–water partition coefficient (Wildman–Crippen LogP) is 2.46. The zero-order valence-corrected chi connectivity index (χ0v) is 17.1. The molecular weight excluding hydrogens is 378 g/mol. The number of hydrogen-bond acceptors (Lipinski definition) is 5. The molecule has 0 spiro atoms. The molecule has 5 rings (SSSR count). The molecule has 30 heavy (non-hydrogen) atoms. The van der Waals surface area contributed by atoms with Crippen LogP contribution in [0.5, 0.6) is 0 Å². The van der Waals surface area contributed by atoms with E-state index in [0.29, 0.717) is 11.3 Å². The van der Waals surface area contributed by atoms with Crippen molar-refractivity contribution in [2.24, 2.45) is 0 Å². The number of piperazine rings is 1. The van der Waals surface area contributed by atoms with Gasteiger partial charge in [0, 0.05) is 32.7 Å². The Morgan fingerprint density at radius 2 is 1.73 bits per heavy atom. The fourth-order valence-corrected chi connectivity index (χ4v) is 4.91. The fourth-order valence-electron chi connectivity index (χ4n) is 4.91. The molecule has 1 aromatic carbocycles. The first-order valence-corrected chi connectivity index (χ1v) is 10.8. The SMILES string of the molecule is O=C(O)c1c2ncnn(N3CCN(CCc4ccccc4)CC3)c-2c2c1CCCC2. The Bertz CT molecular complexity index is 1010. The first-order chi connectivity index (χ1) is 14.7. The predicted molar refractivity (Wildman–Crippen MR) is 115 cm³/mol. The van der Waals surface area contributed by atoms with Crippen LogP contribution in [0, 0.1) is 0 Å². The maximum absolute atomic E-state index is 12.0. The Kier molecular flexibility index (Phi) is 5.12. The van der Waals surface area contributed by atoms with Crippen LogP contribution in [0.1, 0.15) is 39.9 Å². The second kappa shape index (κ2) is 8.07. The number of aromatic nitrogens is 3. The molecule has 2 heterocycles. The summed E-state index contributed by atoms with van der Waals surface area (Å²) in [7, 11) is 0. The minimum atomic E-state index is -0.876. The monoisotopic (exact) mass is 405 g/mol. The number of hydrogen-bond donors (Lipinski definition) is 1. The number of rotatable bonds is 5. The molecule has 0 radical (unpaired) electrons. The number of carboxylic acid groups (broad SMARTS) is 1. The summed E-state index contributed by atoms with van der Waals surface area (Å²) in [5.74, 6) is -0.876. The smallest absolute Gasteiger partial charge is 0.338 e. The summed E-state index contributed by atoms with van der Waals surface area (Å²) < 4.78 is 0. The highest BCUT2D eigenvalue weighted by molar-refractivity contribution is 5.99. The van der Waals surface area contributed by atoms with Gasteiger partial charge >= 0.3 is 5.97 Å². The molecule has 0 unspecified atom stereocenters. The van der Waals surface area contributed by atoms with Crippen molar-refractivity contribution in [3.8, 4) is 11.4 Å². The third-order valence-electron chi connectivity index (χ3n) is 6.45. The van der Waals surface area contributed by atoms with Crippen molar-refractivity contribution < 1.29 is 9.90 Å².